The summed E-state index contributed by atoms with van der Waals surface area (Å²) in [6.07, 6.45) is 7.57. The quantitative estimate of drug-likeness (QED) is 0.166. The molecule has 0 fully saturated rings. The van der Waals surface area contributed by atoms with Crippen LogP contribution < -0.4 is 9.98 Å². The Morgan fingerprint density at radius 2 is 0.897 bits per heavy atom. The Kier molecular flexibility index (Phi) is 9.59. The standard InChI is InChI=1S/C50H52N8/c1-29-33(5)47-25-49-35(7)31(3)45(53-49)24-42-20-40(56-58(42)28-38-17-13-10-14-18-38)22-44-30(2)34(6)48(52-44)26-50-36(8)32(4)46(54-50)23-41-19-39(21-43(29)51-47)55-57(41)27-37-15-11-9-12-16-37/h9-20,25-26,51-52H,21-24,27-28H2,1-8H3/p+2. The molecule has 0 spiro atoms. The van der Waals surface area contributed by atoms with E-state index in [4.69, 9.17) is 10.2 Å². The van der Waals surface area contributed by atoms with Crippen LogP contribution in [0.4, 0.5) is 0 Å². The van der Waals surface area contributed by atoms with Gasteiger partial charge in [-0.05, 0) is 101 Å². The molecule has 0 radical (unpaired) electrons. The van der Waals surface area contributed by atoms with E-state index in [2.05, 4.69) is 170 Å². The zero-order valence-corrected chi connectivity index (χ0v) is 35.1. The smallest absolute Gasteiger partial charge is 0.209 e. The highest BCUT2D eigenvalue weighted by atomic mass is 15.3. The lowest BCUT2D eigenvalue weighted by molar-refractivity contribution is -0.388. The van der Waals surface area contributed by atoms with Crippen LogP contribution in [-0.2, 0) is 38.8 Å². The summed E-state index contributed by atoms with van der Waals surface area (Å²) in [4.78, 5) is 15.3. The van der Waals surface area contributed by atoms with Gasteiger partial charge in [0.05, 0.1) is 37.3 Å². The average Bonchev–Trinajstić information content (AvgIpc) is 4.02. The third-order valence-corrected chi connectivity index (χ3v) is 13.0. The van der Waals surface area contributed by atoms with Crippen molar-refractivity contribution < 1.29 is 9.98 Å². The van der Waals surface area contributed by atoms with Gasteiger partial charge < -0.3 is 9.97 Å². The van der Waals surface area contributed by atoms with Gasteiger partial charge in [-0.2, -0.15) is 10.2 Å². The lowest BCUT2D eigenvalue weighted by atomic mass is 10.0. The molecule has 4 aromatic heterocycles. The van der Waals surface area contributed by atoms with E-state index >= 15 is 0 Å². The summed E-state index contributed by atoms with van der Waals surface area (Å²) >= 11 is 0. The molecular formula is C50H54N8+2. The second-order valence-corrected chi connectivity index (χ2v) is 16.6. The number of hydrogen-bond acceptors (Lipinski definition) is 2. The normalized spacial score (nSPS) is 15.7. The van der Waals surface area contributed by atoms with Crippen molar-refractivity contribution in [2.75, 3.05) is 0 Å². The zero-order chi connectivity index (χ0) is 40.2. The number of H-pyrrole nitrogens is 2. The molecule has 8 nitrogen and oxygen atoms in total. The monoisotopic (exact) mass is 766 g/mol. The Balaban J connectivity index is 1.17. The predicted octanol–water partition coefficient (Wildman–Crippen LogP) is 6.47. The van der Waals surface area contributed by atoms with Crippen molar-refractivity contribution in [2.24, 2.45) is 0 Å². The van der Waals surface area contributed by atoms with Crippen LogP contribution in [0, 0.1) is 27.7 Å². The number of hydrogen-bond donors (Lipinski definition) is 4. The molecule has 0 aliphatic carbocycles. The van der Waals surface area contributed by atoms with Crippen molar-refractivity contribution in [1.82, 2.24) is 29.5 Å². The summed E-state index contributed by atoms with van der Waals surface area (Å²) < 4.78 is 4.40. The summed E-state index contributed by atoms with van der Waals surface area (Å²) in [5.41, 5.74) is 26.6. The van der Waals surface area contributed by atoms with Gasteiger partial charge in [0.15, 0.2) is 11.4 Å². The van der Waals surface area contributed by atoms with Crippen LogP contribution in [0.15, 0.2) is 106 Å². The van der Waals surface area contributed by atoms with Crippen LogP contribution in [0.2, 0.25) is 0 Å². The van der Waals surface area contributed by atoms with E-state index < -0.39 is 0 Å². The molecule has 6 aromatic rings. The van der Waals surface area contributed by atoms with Gasteiger partial charge >= 0.3 is 0 Å². The van der Waals surface area contributed by atoms with Crippen LogP contribution in [0.1, 0.15) is 107 Å². The summed E-state index contributed by atoms with van der Waals surface area (Å²) in [6, 6.07) is 25.9. The fraction of sp³-hybridized carbons (Fsp3) is 0.280. The van der Waals surface area contributed by atoms with Crippen LogP contribution in [0.25, 0.3) is 12.2 Å². The maximum Gasteiger partial charge on any atom is 0.209 e. The molecule has 9 rings (SSSR count). The highest BCUT2D eigenvalue weighted by Crippen LogP contribution is 2.28. The minimum Gasteiger partial charge on any atom is -0.358 e. The lowest BCUT2D eigenvalue weighted by Gasteiger charge is -2.07. The van der Waals surface area contributed by atoms with E-state index in [0.717, 1.165) is 72.9 Å². The van der Waals surface area contributed by atoms with Crippen molar-refractivity contribution in [3.8, 4) is 0 Å². The molecule has 2 aromatic carbocycles. The molecule has 0 saturated heterocycles. The molecule has 58 heavy (non-hydrogen) atoms. The first-order chi connectivity index (χ1) is 28.0. The van der Waals surface area contributed by atoms with Gasteiger partial charge in [-0.15, -0.1) is 0 Å². The zero-order valence-electron chi connectivity index (χ0n) is 35.1. The van der Waals surface area contributed by atoms with Gasteiger partial charge in [0.25, 0.3) is 0 Å². The Bertz CT molecular complexity index is 2590. The highest BCUT2D eigenvalue weighted by molar-refractivity contribution is 6.00. The number of nitrogens with one attached hydrogen (secondary N) is 4. The summed E-state index contributed by atoms with van der Waals surface area (Å²) in [5.74, 6) is 0. The second-order valence-electron chi connectivity index (χ2n) is 16.6. The molecule has 8 heteroatoms. The van der Waals surface area contributed by atoms with Gasteiger partial charge in [-0.1, -0.05) is 60.7 Å². The van der Waals surface area contributed by atoms with Gasteiger partial charge in [0, 0.05) is 81.4 Å². The van der Waals surface area contributed by atoms with Crippen LogP contribution >= 0.6 is 0 Å². The van der Waals surface area contributed by atoms with Crippen molar-refractivity contribution in [1.29, 1.82) is 0 Å². The third-order valence-electron chi connectivity index (χ3n) is 13.0. The number of aromatic amines is 2. The molecule has 4 N–H and O–H groups in total. The molecule has 0 amide bonds. The van der Waals surface area contributed by atoms with E-state index in [-0.39, 0.29) is 0 Å². The molecule has 0 atom stereocenters. The Labute approximate surface area is 341 Å². The summed E-state index contributed by atoms with van der Waals surface area (Å²) in [6.45, 7) is 19.3. The SMILES string of the molecule is CC1=C(C)C2=[NH+]C1=Cc1[nH]c(c(C)c1C)Cc1cc(n(Cc3ccccc3)n1)CC1=[NH+]C(=Cc3[nH]c(c(C)c3C)Cc3cc(n(Cc4ccccc4)n3)C2)C(C)=C1C. The van der Waals surface area contributed by atoms with Gasteiger partial charge in [0.1, 0.15) is 0 Å². The predicted molar refractivity (Wildman–Crippen MR) is 234 cm³/mol. The number of allylic oxidation sites excluding steroid dienone is 4. The van der Waals surface area contributed by atoms with Crippen LogP contribution in [0.3, 0.4) is 0 Å². The van der Waals surface area contributed by atoms with Crippen molar-refractivity contribution in [3.63, 3.8) is 0 Å². The van der Waals surface area contributed by atoms with Crippen molar-refractivity contribution >= 4 is 23.6 Å². The largest absolute Gasteiger partial charge is 0.358 e. The van der Waals surface area contributed by atoms with Gasteiger partial charge in [-0.3, -0.25) is 9.36 Å². The molecule has 0 unspecified atom stereocenters. The Morgan fingerprint density at radius 1 is 0.500 bits per heavy atom. The Hall–Kier alpha value is -6.28. The second kappa shape index (κ2) is 14.9. The maximum atomic E-state index is 5.26. The van der Waals surface area contributed by atoms with Gasteiger partial charge in [-0.25, -0.2) is 9.98 Å². The molecule has 3 aliphatic rings. The minimum absolute atomic E-state index is 0.721. The van der Waals surface area contributed by atoms with Gasteiger partial charge in [0.2, 0.25) is 11.4 Å². The fourth-order valence-corrected chi connectivity index (χ4v) is 8.68. The lowest BCUT2D eigenvalue weighted by Crippen LogP contribution is -2.69. The molecule has 3 aliphatic heterocycles. The Morgan fingerprint density at radius 3 is 1.29 bits per heavy atom. The minimum atomic E-state index is 0.721. The maximum absolute atomic E-state index is 5.26. The molecular weight excluding hydrogens is 713 g/mol. The van der Waals surface area contributed by atoms with Crippen molar-refractivity contribution in [2.45, 2.75) is 94.2 Å². The number of rotatable bonds is 4. The molecule has 7 heterocycles. The number of benzene rings is 2. The van der Waals surface area contributed by atoms with E-state index in [1.807, 2.05) is 0 Å². The summed E-state index contributed by atoms with van der Waals surface area (Å²) in [7, 11) is 0. The van der Waals surface area contributed by atoms with E-state index in [0.29, 0.717) is 0 Å². The molecule has 0 saturated carbocycles. The number of fused-ring (bicyclic) bond motifs is 10. The first kappa shape index (κ1) is 37.3. The van der Waals surface area contributed by atoms with E-state index in [1.165, 1.54) is 89.9 Å². The number of nitrogens with zero attached hydrogens (tertiary/aromatic N) is 4. The average molecular weight is 767 g/mol. The van der Waals surface area contributed by atoms with E-state index in [9.17, 15) is 0 Å². The van der Waals surface area contributed by atoms with Crippen LogP contribution in [0.5, 0.6) is 0 Å². The molecule has 292 valence electrons. The first-order valence-corrected chi connectivity index (χ1v) is 20.6. The highest BCUT2D eigenvalue weighted by Gasteiger charge is 2.29. The van der Waals surface area contributed by atoms with E-state index in [1.54, 1.807) is 0 Å². The summed E-state index contributed by atoms with van der Waals surface area (Å²) in [5, 5.41) is 10.5. The molecule has 12 bridgehead atoms. The topological polar surface area (TPSA) is 95.2 Å². The first-order valence-electron chi connectivity index (χ1n) is 20.6. The van der Waals surface area contributed by atoms with Crippen LogP contribution in [-0.4, -0.2) is 41.0 Å². The fourth-order valence-electron chi connectivity index (χ4n) is 8.68. The van der Waals surface area contributed by atoms with Crippen molar-refractivity contribution in [3.05, 3.63) is 185 Å². The number of aromatic nitrogens is 6. The third kappa shape index (κ3) is 7.01.